The van der Waals surface area contributed by atoms with E-state index in [1.165, 1.54) is 37.9 Å². The number of fused-ring (bicyclic) bond motifs is 1. The standard InChI is InChI=1S/C42H55Cl2N3O9/c1-10-23(2)33-38(50)45-30(21-26-19-28(43)34(48)29(44)20-26)37(49)46-36(41(5,6)53)39(51)55-35(27-17-12-11-13-18-27)25(4)16-14-15-24(3)31(54-9)22-32-42(7,56-32)40(52)47(33)8/h11-20,23,25,30-33,35-36,48,53H,10,21-22H2,1-9H3,(H,45,50)(H,46,49)/b16-14-,24-15-/t23-,25+,30+,31+,32-,33-,35-,36+,42+/m0/s1. The van der Waals surface area contributed by atoms with E-state index >= 15 is 0 Å². The van der Waals surface area contributed by atoms with Crippen molar-refractivity contribution in [2.45, 2.75) is 115 Å². The molecule has 2 aromatic rings. The van der Waals surface area contributed by atoms with Crippen molar-refractivity contribution in [3.8, 4) is 5.75 Å². The van der Waals surface area contributed by atoms with Crippen molar-refractivity contribution < 1.29 is 43.6 Å². The number of likely N-dealkylation sites (N-methyl/N-ethyl adjacent to an activating group) is 1. The molecule has 0 bridgehead atoms. The van der Waals surface area contributed by atoms with E-state index in [0.717, 1.165) is 5.57 Å². The van der Waals surface area contributed by atoms with Gasteiger partial charge >= 0.3 is 5.97 Å². The molecule has 2 aliphatic heterocycles. The largest absolute Gasteiger partial charge is 0.505 e. The molecule has 4 N–H and O–H groups in total. The number of rotatable bonds is 7. The Hall–Kier alpha value is -3.94. The second-order valence-corrected chi connectivity index (χ2v) is 16.4. The summed E-state index contributed by atoms with van der Waals surface area (Å²) in [6.07, 6.45) is 4.60. The molecule has 14 heteroatoms. The number of ether oxygens (including phenoxy) is 3. The first kappa shape index (κ1) is 44.8. The molecule has 1 saturated heterocycles. The number of nitrogens with zero attached hydrogens (tertiary/aromatic N) is 1. The Morgan fingerprint density at radius 1 is 1.07 bits per heavy atom. The molecule has 9 atom stereocenters. The number of phenolic OH excluding ortho intramolecular Hbond substituents is 1. The number of methoxy groups -OCH3 is 1. The van der Waals surface area contributed by atoms with E-state index in [-0.39, 0.29) is 34.1 Å². The lowest BCUT2D eigenvalue weighted by Crippen LogP contribution is -2.61. The van der Waals surface area contributed by atoms with Crippen molar-refractivity contribution in [2.24, 2.45) is 11.8 Å². The van der Waals surface area contributed by atoms with E-state index < -0.39 is 71.3 Å². The van der Waals surface area contributed by atoms with Crippen molar-refractivity contribution in [1.82, 2.24) is 15.5 Å². The smallest absolute Gasteiger partial charge is 0.332 e. The Morgan fingerprint density at radius 3 is 2.27 bits per heavy atom. The first-order chi connectivity index (χ1) is 26.2. The number of amides is 3. The lowest BCUT2D eigenvalue weighted by atomic mass is 9.93. The summed E-state index contributed by atoms with van der Waals surface area (Å²) < 4.78 is 18.0. The molecule has 56 heavy (non-hydrogen) atoms. The molecule has 0 aromatic heterocycles. The zero-order chi connectivity index (χ0) is 41.7. The van der Waals surface area contributed by atoms with Crippen LogP contribution in [0, 0.1) is 11.8 Å². The zero-order valence-corrected chi connectivity index (χ0v) is 35.0. The summed E-state index contributed by atoms with van der Waals surface area (Å²) in [6, 6.07) is 7.90. The molecule has 4 rings (SSSR count). The van der Waals surface area contributed by atoms with E-state index in [4.69, 9.17) is 37.4 Å². The number of carbonyl (C=O) groups is 4. The van der Waals surface area contributed by atoms with Gasteiger partial charge in [-0.25, -0.2) is 4.79 Å². The lowest BCUT2D eigenvalue weighted by Gasteiger charge is -2.35. The van der Waals surface area contributed by atoms with Gasteiger partial charge < -0.3 is 40.0 Å². The van der Waals surface area contributed by atoms with E-state index in [2.05, 4.69) is 10.6 Å². The van der Waals surface area contributed by atoms with Gasteiger partial charge in [0.25, 0.3) is 5.91 Å². The molecule has 306 valence electrons. The third-order valence-corrected chi connectivity index (χ3v) is 11.4. The van der Waals surface area contributed by atoms with Crippen LogP contribution in [0.4, 0.5) is 0 Å². The molecule has 2 aromatic carbocycles. The predicted octanol–water partition coefficient (Wildman–Crippen LogP) is 5.85. The summed E-state index contributed by atoms with van der Waals surface area (Å²) >= 11 is 12.5. The highest BCUT2D eigenvalue weighted by Crippen LogP contribution is 2.42. The second-order valence-electron chi connectivity index (χ2n) is 15.6. The van der Waals surface area contributed by atoms with Gasteiger partial charge in [0.2, 0.25) is 11.8 Å². The van der Waals surface area contributed by atoms with Crippen LogP contribution in [0.1, 0.15) is 78.5 Å². The Morgan fingerprint density at radius 2 is 1.70 bits per heavy atom. The number of phenols is 1. The van der Waals surface area contributed by atoms with Gasteiger partial charge in [0.1, 0.15) is 18.2 Å². The molecule has 1 fully saturated rings. The fourth-order valence-electron chi connectivity index (χ4n) is 7.01. The van der Waals surface area contributed by atoms with E-state index in [1.54, 1.807) is 14.0 Å². The number of carbonyl (C=O) groups excluding carboxylic acids is 4. The van der Waals surface area contributed by atoms with Gasteiger partial charge in [-0.15, -0.1) is 0 Å². The number of aromatic hydroxyl groups is 1. The molecule has 2 aliphatic rings. The normalized spacial score (nSPS) is 30.8. The van der Waals surface area contributed by atoms with Crippen LogP contribution in [0.5, 0.6) is 5.75 Å². The van der Waals surface area contributed by atoms with Crippen LogP contribution in [0.2, 0.25) is 10.0 Å². The summed E-state index contributed by atoms with van der Waals surface area (Å²) in [7, 11) is 3.11. The molecule has 0 radical (unpaired) electrons. The number of benzene rings is 2. The maximum Gasteiger partial charge on any atom is 0.332 e. The van der Waals surface area contributed by atoms with Crippen molar-refractivity contribution >= 4 is 46.9 Å². The Balaban J connectivity index is 1.83. The average Bonchev–Trinajstić information content (AvgIpc) is 3.81. The number of hydrogen-bond acceptors (Lipinski definition) is 9. The molecule has 0 aliphatic carbocycles. The minimum atomic E-state index is -1.83. The number of nitrogens with one attached hydrogen (secondary N) is 2. The van der Waals surface area contributed by atoms with Crippen molar-refractivity contribution in [3.05, 3.63) is 87.4 Å². The van der Waals surface area contributed by atoms with Crippen molar-refractivity contribution in [3.63, 3.8) is 0 Å². The molecule has 2 heterocycles. The van der Waals surface area contributed by atoms with Gasteiger partial charge in [0.05, 0.1) is 27.9 Å². The third-order valence-electron chi connectivity index (χ3n) is 10.8. The van der Waals surface area contributed by atoms with Gasteiger partial charge in [0.15, 0.2) is 17.4 Å². The second kappa shape index (κ2) is 18.5. The van der Waals surface area contributed by atoms with Crippen molar-refractivity contribution in [2.75, 3.05) is 14.2 Å². The number of halogens is 2. The molecule has 12 nitrogen and oxygen atoms in total. The molecule has 3 amide bonds. The maximum atomic E-state index is 14.4. The van der Waals surface area contributed by atoms with E-state index in [0.29, 0.717) is 24.0 Å². The highest BCUT2D eigenvalue weighted by Gasteiger charge is 2.61. The quantitative estimate of drug-likeness (QED) is 0.198. The molecule has 0 spiro atoms. The zero-order valence-electron chi connectivity index (χ0n) is 33.5. The third kappa shape index (κ3) is 10.5. The minimum absolute atomic E-state index is 0.0776. The highest BCUT2D eigenvalue weighted by molar-refractivity contribution is 6.37. The molecular formula is C42H55Cl2N3O9. The summed E-state index contributed by atoms with van der Waals surface area (Å²) in [5.41, 5.74) is -1.12. The van der Waals surface area contributed by atoms with Crippen molar-refractivity contribution in [1.29, 1.82) is 0 Å². The predicted molar refractivity (Wildman–Crippen MR) is 214 cm³/mol. The topological polar surface area (TPSA) is 167 Å². The average molecular weight is 817 g/mol. The van der Waals surface area contributed by atoms with Gasteiger partial charge in [0, 0.05) is 32.9 Å². The molecular weight excluding hydrogens is 761 g/mol. The fraction of sp³-hybridized carbons (Fsp3) is 0.524. The summed E-state index contributed by atoms with van der Waals surface area (Å²) in [5.74, 6) is -3.89. The summed E-state index contributed by atoms with van der Waals surface area (Å²) in [6.45, 7) is 11.9. The number of hydrogen-bond donors (Lipinski definition) is 4. The summed E-state index contributed by atoms with van der Waals surface area (Å²) in [4.78, 5) is 58.3. The number of epoxide rings is 1. The number of esters is 1. The van der Waals surface area contributed by atoms with Gasteiger partial charge in [-0.3, -0.25) is 14.4 Å². The van der Waals surface area contributed by atoms with E-state index in [9.17, 15) is 29.4 Å². The number of allylic oxidation sites excluding steroid dienone is 2. The van der Waals surface area contributed by atoms with Crippen LogP contribution >= 0.6 is 23.2 Å². The highest BCUT2D eigenvalue weighted by atomic mass is 35.5. The van der Waals surface area contributed by atoms with Crippen LogP contribution in [-0.4, -0.2) is 94.5 Å². The molecule has 0 saturated carbocycles. The Kier molecular flexibility index (Phi) is 14.8. The molecule has 0 unspecified atom stereocenters. The summed E-state index contributed by atoms with van der Waals surface area (Å²) in [5, 5.41) is 26.8. The van der Waals surface area contributed by atoms with Gasteiger partial charge in [-0.05, 0) is 62.4 Å². The van der Waals surface area contributed by atoms with Gasteiger partial charge in [-0.1, -0.05) is 99.0 Å². The van der Waals surface area contributed by atoms with Crippen LogP contribution in [0.3, 0.4) is 0 Å². The van der Waals surface area contributed by atoms with Crippen LogP contribution in [0.15, 0.2) is 66.3 Å². The maximum absolute atomic E-state index is 14.4. The first-order valence-electron chi connectivity index (χ1n) is 18.8. The Labute approximate surface area is 339 Å². The number of cyclic esters (lactones) is 1. The Bertz CT molecular complexity index is 1790. The first-order valence-corrected chi connectivity index (χ1v) is 19.6. The van der Waals surface area contributed by atoms with Crippen LogP contribution < -0.4 is 10.6 Å². The monoisotopic (exact) mass is 815 g/mol. The van der Waals surface area contributed by atoms with E-state index in [1.807, 2.05) is 76.3 Å². The lowest BCUT2D eigenvalue weighted by molar-refractivity contribution is -0.162. The van der Waals surface area contributed by atoms with Gasteiger partial charge in [-0.2, -0.15) is 0 Å². The minimum Gasteiger partial charge on any atom is -0.505 e. The van der Waals surface area contributed by atoms with Crippen LogP contribution in [0.25, 0.3) is 0 Å². The number of aliphatic hydroxyl groups is 1. The SMILES string of the molecule is CC[C@H](C)[C@H]1C(=O)N[C@H](Cc2cc(Cl)c(O)c(Cl)c2)C(=O)N[C@@H](C(C)(C)O)C(=O)O[C@H](c2ccccc2)[C@H](C)/C=C\C=C(\C)[C@H](OC)C[C@@H]2O[C@@]2(C)C(=O)N1C. The van der Waals surface area contributed by atoms with Crippen LogP contribution in [-0.2, 0) is 39.8 Å². The fourth-order valence-corrected chi connectivity index (χ4v) is 7.54.